The van der Waals surface area contributed by atoms with Crippen LogP contribution in [0.25, 0.3) is 11.4 Å². The van der Waals surface area contributed by atoms with Gasteiger partial charge in [-0.25, -0.2) is 4.79 Å². The summed E-state index contributed by atoms with van der Waals surface area (Å²) in [5.41, 5.74) is 1.94. The van der Waals surface area contributed by atoms with Crippen molar-refractivity contribution in [1.82, 2.24) is 15.4 Å². The van der Waals surface area contributed by atoms with Gasteiger partial charge < -0.3 is 9.26 Å². The Morgan fingerprint density at radius 3 is 2.72 bits per heavy atom. The summed E-state index contributed by atoms with van der Waals surface area (Å²) < 4.78 is 10.00. The predicted molar refractivity (Wildman–Crippen MR) is 63.0 cm³/mol. The molecule has 0 N–H and O–H groups in total. The van der Waals surface area contributed by atoms with Gasteiger partial charge in [-0.3, -0.25) is 0 Å². The van der Waals surface area contributed by atoms with Gasteiger partial charge in [0.15, 0.2) is 0 Å². The number of carbonyl (C=O) groups excluding carboxylic acids is 1. The second kappa shape index (κ2) is 4.95. The Balaban J connectivity index is 2.45. The molecule has 0 saturated heterocycles. The molecule has 0 spiro atoms. The lowest BCUT2D eigenvalue weighted by molar-refractivity contribution is 0.0525. The molecule has 0 fully saturated rings. The Morgan fingerprint density at radius 1 is 1.33 bits per heavy atom. The lowest BCUT2D eigenvalue weighted by Crippen LogP contribution is -2.07. The standard InChI is InChI=1S/C12H13N3O3/c1-4-17-12(16)10-8(3)18-15-11(10)9-6-5-7(2)13-14-9/h5-6H,4H2,1-3H3. The monoisotopic (exact) mass is 247 g/mol. The Labute approximate surface area is 104 Å². The minimum absolute atomic E-state index is 0.294. The van der Waals surface area contributed by atoms with Crippen molar-refractivity contribution in [2.75, 3.05) is 6.61 Å². The van der Waals surface area contributed by atoms with E-state index in [0.29, 0.717) is 29.3 Å². The smallest absolute Gasteiger partial charge is 0.344 e. The second-order valence-electron chi connectivity index (χ2n) is 3.74. The van der Waals surface area contributed by atoms with Gasteiger partial charge in [0.2, 0.25) is 0 Å². The lowest BCUT2D eigenvalue weighted by Gasteiger charge is -2.01. The van der Waals surface area contributed by atoms with Crippen LogP contribution < -0.4 is 0 Å². The van der Waals surface area contributed by atoms with E-state index >= 15 is 0 Å². The van der Waals surface area contributed by atoms with E-state index in [9.17, 15) is 4.79 Å². The van der Waals surface area contributed by atoms with Crippen LogP contribution in [0.5, 0.6) is 0 Å². The molecule has 6 nitrogen and oxygen atoms in total. The van der Waals surface area contributed by atoms with Gasteiger partial charge in [-0.2, -0.15) is 5.10 Å². The van der Waals surface area contributed by atoms with Gasteiger partial charge in [0.05, 0.1) is 12.3 Å². The molecular formula is C12H13N3O3. The third-order valence-electron chi connectivity index (χ3n) is 2.38. The van der Waals surface area contributed by atoms with Gasteiger partial charge in [0, 0.05) is 0 Å². The molecule has 0 atom stereocenters. The van der Waals surface area contributed by atoms with E-state index in [1.54, 1.807) is 26.0 Å². The topological polar surface area (TPSA) is 78.1 Å². The third-order valence-corrected chi connectivity index (χ3v) is 2.38. The van der Waals surface area contributed by atoms with Crippen molar-refractivity contribution >= 4 is 5.97 Å². The van der Waals surface area contributed by atoms with E-state index in [1.165, 1.54) is 0 Å². The molecule has 0 bridgehead atoms. The molecule has 2 aromatic rings. The Morgan fingerprint density at radius 2 is 2.11 bits per heavy atom. The van der Waals surface area contributed by atoms with Crippen LogP contribution in [0.2, 0.25) is 0 Å². The molecule has 0 aliphatic rings. The molecule has 0 unspecified atom stereocenters. The summed E-state index contributed by atoms with van der Waals surface area (Å²) in [7, 11) is 0. The number of hydrogen-bond donors (Lipinski definition) is 0. The first kappa shape index (κ1) is 12.2. The fourth-order valence-corrected chi connectivity index (χ4v) is 1.52. The largest absolute Gasteiger partial charge is 0.462 e. The van der Waals surface area contributed by atoms with Gasteiger partial charge in [-0.05, 0) is 32.9 Å². The summed E-state index contributed by atoms with van der Waals surface area (Å²) in [6.07, 6.45) is 0. The molecule has 0 radical (unpaired) electrons. The summed E-state index contributed by atoms with van der Waals surface area (Å²) >= 11 is 0. The molecule has 18 heavy (non-hydrogen) atoms. The predicted octanol–water partition coefficient (Wildman–Crippen LogP) is 1.93. The molecule has 6 heteroatoms. The fourth-order valence-electron chi connectivity index (χ4n) is 1.52. The van der Waals surface area contributed by atoms with Crippen molar-refractivity contribution in [3.8, 4) is 11.4 Å². The highest BCUT2D eigenvalue weighted by Crippen LogP contribution is 2.23. The summed E-state index contributed by atoms with van der Waals surface area (Å²) in [6, 6.07) is 3.53. The zero-order valence-corrected chi connectivity index (χ0v) is 10.4. The summed E-state index contributed by atoms with van der Waals surface area (Å²) in [5, 5.41) is 11.8. The van der Waals surface area contributed by atoms with Crippen LogP contribution in [-0.2, 0) is 4.74 Å². The normalized spacial score (nSPS) is 10.4. The highest BCUT2D eigenvalue weighted by Gasteiger charge is 2.23. The molecular weight excluding hydrogens is 234 g/mol. The van der Waals surface area contributed by atoms with Crippen molar-refractivity contribution in [2.45, 2.75) is 20.8 Å². The van der Waals surface area contributed by atoms with Crippen molar-refractivity contribution in [3.63, 3.8) is 0 Å². The minimum Gasteiger partial charge on any atom is -0.462 e. The zero-order valence-electron chi connectivity index (χ0n) is 10.4. The Kier molecular flexibility index (Phi) is 3.36. The van der Waals surface area contributed by atoms with Gasteiger partial charge >= 0.3 is 5.97 Å². The van der Waals surface area contributed by atoms with E-state index in [1.807, 2.05) is 6.92 Å². The van der Waals surface area contributed by atoms with Gasteiger partial charge in [0.1, 0.15) is 22.7 Å². The number of ether oxygens (including phenoxy) is 1. The Hall–Kier alpha value is -2.24. The van der Waals surface area contributed by atoms with E-state index in [4.69, 9.17) is 9.26 Å². The van der Waals surface area contributed by atoms with Gasteiger partial charge in [-0.15, -0.1) is 5.10 Å². The van der Waals surface area contributed by atoms with Gasteiger partial charge in [0.25, 0.3) is 0 Å². The number of aryl methyl sites for hydroxylation is 2. The van der Waals surface area contributed by atoms with Gasteiger partial charge in [-0.1, -0.05) is 5.16 Å². The molecule has 2 aromatic heterocycles. The number of hydrogen-bond acceptors (Lipinski definition) is 6. The molecule has 0 aliphatic carbocycles. The van der Waals surface area contributed by atoms with E-state index in [2.05, 4.69) is 15.4 Å². The summed E-state index contributed by atoms with van der Waals surface area (Å²) in [4.78, 5) is 11.8. The van der Waals surface area contributed by atoms with Crippen molar-refractivity contribution < 1.29 is 14.1 Å². The van der Waals surface area contributed by atoms with Crippen LogP contribution in [-0.4, -0.2) is 27.9 Å². The number of carbonyl (C=O) groups is 1. The highest BCUT2D eigenvalue weighted by molar-refractivity contribution is 5.96. The van der Waals surface area contributed by atoms with Crippen LogP contribution in [0, 0.1) is 13.8 Å². The van der Waals surface area contributed by atoms with E-state index in [-0.39, 0.29) is 0 Å². The van der Waals surface area contributed by atoms with Crippen LogP contribution in [0.15, 0.2) is 16.7 Å². The second-order valence-corrected chi connectivity index (χ2v) is 3.74. The fraction of sp³-hybridized carbons (Fsp3) is 0.333. The molecule has 0 aliphatic heterocycles. The molecule has 0 amide bonds. The molecule has 94 valence electrons. The van der Waals surface area contributed by atoms with Crippen LogP contribution in [0.1, 0.15) is 28.7 Å². The molecule has 2 heterocycles. The summed E-state index contributed by atoms with van der Waals surface area (Å²) in [5.74, 6) is -0.0561. The number of rotatable bonds is 3. The van der Waals surface area contributed by atoms with E-state index < -0.39 is 5.97 Å². The average Bonchev–Trinajstić information content (AvgIpc) is 2.72. The summed E-state index contributed by atoms with van der Waals surface area (Å²) in [6.45, 7) is 5.52. The first-order chi connectivity index (χ1) is 8.63. The van der Waals surface area contributed by atoms with Crippen LogP contribution in [0.3, 0.4) is 0 Å². The van der Waals surface area contributed by atoms with E-state index in [0.717, 1.165) is 5.69 Å². The maximum absolute atomic E-state index is 11.8. The lowest BCUT2D eigenvalue weighted by atomic mass is 10.1. The quantitative estimate of drug-likeness (QED) is 0.771. The van der Waals surface area contributed by atoms with Crippen LogP contribution >= 0.6 is 0 Å². The number of aromatic nitrogens is 3. The molecule has 0 aromatic carbocycles. The van der Waals surface area contributed by atoms with Crippen LogP contribution in [0.4, 0.5) is 0 Å². The van der Waals surface area contributed by atoms with Crippen molar-refractivity contribution in [3.05, 3.63) is 29.2 Å². The number of esters is 1. The van der Waals surface area contributed by atoms with Crippen molar-refractivity contribution in [1.29, 1.82) is 0 Å². The number of nitrogens with zero attached hydrogens (tertiary/aromatic N) is 3. The Bertz CT molecular complexity index is 560. The van der Waals surface area contributed by atoms with Crippen molar-refractivity contribution in [2.24, 2.45) is 0 Å². The minimum atomic E-state index is -0.464. The maximum Gasteiger partial charge on any atom is 0.344 e. The highest BCUT2D eigenvalue weighted by atomic mass is 16.5. The SMILES string of the molecule is CCOC(=O)c1c(-c2ccc(C)nn2)noc1C. The third kappa shape index (κ3) is 2.22. The molecule has 2 rings (SSSR count). The first-order valence-corrected chi connectivity index (χ1v) is 5.57. The zero-order chi connectivity index (χ0) is 13.1. The molecule has 0 saturated carbocycles. The first-order valence-electron chi connectivity index (χ1n) is 5.57. The average molecular weight is 247 g/mol. The maximum atomic E-state index is 11.8.